The fourth-order valence-corrected chi connectivity index (χ4v) is 1.89. The molecule has 0 radical (unpaired) electrons. The van der Waals surface area contributed by atoms with Gasteiger partial charge in [0.25, 0.3) is 0 Å². The lowest BCUT2D eigenvalue weighted by atomic mass is 10.4. The summed E-state index contributed by atoms with van der Waals surface area (Å²) in [6, 6.07) is 0. The van der Waals surface area contributed by atoms with Crippen LogP contribution in [0.25, 0.3) is 5.82 Å². The Balaban J connectivity index is 2.53. The molecular formula is C10H14BrN5. The number of halogens is 1. The van der Waals surface area contributed by atoms with E-state index in [2.05, 4.69) is 33.1 Å². The van der Waals surface area contributed by atoms with Crippen molar-refractivity contribution < 1.29 is 0 Å². The zero-order valence-electron chi connectivity index (χ0n) is 9.31. The van der Waals surface area contributed by atoms with Crippen LogP contribution in [0.15, 0.2) is 16.9 Å². The van der Waals surface area contributed by atoms with Crippen molar-refractivity contribution in [3.63, 3.8) is 0 Å². The van der Waals surface area contributed by atoms with Crippen molar-refractivity contribution >= 4 is 21.6 Å². The van der Waals surface area contributed by atoms with Crippen LogP contribution in [0.2, 0.25) is 0 Å². The molecule has 2 rings (SSSR count). The van der Waals surface area contributed by atoms with Crippen LogP contribution >= 0.6 is 15.9 Å². The lowest BCUT2D eigenvalue weighted by Crippen LogP contribution is -2.09. The van der Waals surface area contributed by atoms with Crippen molar-refractivity contribution in [2.75, 3.05) is 5.73 Å². The first kappa shape index (κ1) is 11.2. The molecule has 6 heteroatoms. The SMILES string of the molecule is CCCn1nc(C)c(N)c1-n1cc(Br)cn1. The predicted molar refractivity (Wildman–Crippen MR) is 66.5 cm³/mol. The van der Waals surface area contributed by atoms with Gasteiger partial charge in [0, 0.05) is 12.7 Å². The summed E-state index contributed by atoms with van der Waals surface area (Å²) >= 11 is 3.37. The lowest BCUT2D eigenvalue weighted by Gasteiger charge is -2.06. The number of nitrogen functional groups attached to an aromatic ring is 1. The van der Waals surface area contributed by atoms with Gasteiger partial charge in [-0.1, -0.05) is 6.92 Å². The summed E-state index contributed by atoms with van der Waals surface area (Å²) in [6.45, 7) is 4.85. The molecule has 0 saturated carbocycles. The van der Waals surface area contributed by atoms with Crippen LogP contribution in [0, 0.1) is 6.92 Å². The first-order valence-corrected chi connectivity index (χ1v) is 5.96. The van der Waals surface area contributed by atoms with Gasteiger partial charge >= 0.3 is 0 Å². The average molecular weight is 284 g/mol. The Morgan fingerprint density at radius 1 is 1.50 bits per heavy atom. The highest BCUT2D eigenvalue weighted by molar-refractivity contribution is 9.10. The molecule has 0 aromatic carbocycles. The fourth-order valence-electron chi connectivity index (χ4n) is 1.61. The maximum Gasteiger partial charge on any atom is 0.175 e. The minimum atomic E-state index is 0.684. The highest BCUT2D eigenvalue weighted by Gasteiger charge is 2.14. The highest BCUT2D eigenvalue weighted by atomic mass is 79.9. The van der Waals surface area contributed by atoms with Gasteiger partial charge in [0.05, 0.1) is 22.1 Å². The number of hydrogen-bond donors (Lipinski definition) is 1. The number of nitrogens with two attached hydrogens (primary N) is 1. The number of aryl methyl sites for hydroxylation is 2. The molecule has 2 aromatic heterocycles. The Morgan fingerprint density at radius 2 is 2.25 bits per heavy atom. The van der Waals surface area contributed by atoms with E-state index >= 15 is 0 Å². The summed E-state index contributed by atoms with van der Waals surface area (Å²) in [5, 5.41) is 8.63. The number of aromatic nitrogens is 4. The Morgan fingerprint density at radius 3 is 2.81 bits per heavy atom. The van der Waals surface area contributed by atoms with Gasteiger partial charge in [0.1, 0.15) is 0 Å². The molecule has 0 fully saturated rings. The molecule has 0 aliphatic heterocycles. The van der Waals surface area contributed by atoms with Crippen LogP contribution in [0.5, 0.6) is 0 Å². The van der Waals surface area contributed by atoms with E-state index in [1.165, 1.54) is 0 Å². The maximum absolute atomic E-state index is 6.02. The van der Waals surface area contributed by atoms with Gasteiger partial charge < -0.3 is 5.73 Å². The molecule has 2 N–H and O–H groups in total. The lowest BCUT2D eigenvalue weighted by molar-refractivity contribution is 0.574. The average Bonchev–Trinajstić information content (AvgIpc) is 2.74. The molecular weight excluding hydrogens is 270 g/mol. The third-order valence-electron chi connectivity index (χ3n) is 2.35. The van der Waals surface area contributed by atoms with Crippen LogP contribution in [0.3, 0.4) is 0 Å². The number of rotatable bonds is 3. The van der Waals surface area contributed by atoms with Gasteiger partial charge in [-0.15, -0.1) is 0 Å². The van der Waals surface area contributed by atoms with E-state index in [1.54, 1.807) is 10.9 Å². The van der Waals surface area contributed by atoms with Crippen molar-refractivity contribution in [1.29, 1.82) is 0 Å². The molecule has 0 bridgehead atoms. The third-order valence-corrected chi connectivity index (χ3v) is 2.76. The van der Waals surface area contributed by atoms with Crippen molar-refractivity contribution in [2.45, 2.75) is 26.8 Å². The van der Waals surface area contributed by atoms with E-state index in [1.807, 2.05) is 17.8 Å². The van der Waals surface area contributed by atoms with E-state index in [9.17, 15) is 0 Å². The van der Waals surface area contributed by atoms with Crippen LogP contribution in [0.4, 0.5) is 5.69 Å². The third kappa shape index (κ3) is 1.84. The molecule has 86 valence electrons. The molecule has 0 aliphatic carbocycles. The van der Waals surface area contributed by atoms with E-state index in [4.69, 9.17) is 5.73 Å². The first-order valence-electron chi connectivity index (χ1n) is 5.17. The van der Waals surface area contributed by atoms with E-state index in [-0.39, 0.29) is 0 Å². The summed E-state index contributed by atoms with van der Waals surface area (Å²) in [6.07, 6.45) is 4.62. The maximum atomic E-state index is 6.02. The van der Waals surface area contributed by atoms with Crippen molar-refractivity contribution in [2.24, 2.45) is 0 Å². The molecule has 5 nitrogen and oxygen atoms in total. The molecule has 2 heterocycles. The number of nitrogens with zero attached hydrogens (tertiary/aromatic N) is 4. The predicted octanol–water partition coefficient (Wildman–Crippen LogP) is 2.13. The van der Waals surface area contributed by atoms with E-state index in [0.717, 1.165) is 29.0 Å². The highest BCUT2D eigenvalue weighted by Crippen LogP contribution is 2.22. The van der Waals surface area contributed by atoms with Gasteiger partial charge in [0.15, 0.2) is 5.82 Å². The summed E-state index contributed by atoms with van der Waals surface area (Å²) in [4.78, 5) is 0. The minimum absolute atomic E-state index is 0.684. The standard InChI is InChI=1S/C10H14BrN5/c1-3-4-15-10(9(12)7(2)14-15)16-6-8(11)5-13-16/h5-6H,3-4,12H2,1-2H3. The molecule has 0 unspecified atom stereocenters. The number of anilines is 1. The molecule has 16 heavy (non-hydrogen) atoms. The topological polar surface area (TPSA) is 61.7 Å². The molecule has 0 atom stereocenters. The Kier molecular flexibility index (Phi) is 3.00. The Labute approximate surface area is 102 Å². The molecule has 0 spiro atoms. The van der Waals surface area contributed by atoms with E-state index in [0.29, 0.717) is 5.69 Å². The monoisotopic (exact) mass is 283 g/mol. The van der Waals surface area contributed by atoms with Crippen LogP contribution < -0.4 is 5.73 Å². The molecule has 2 aromatic rings. The second-order valence-corrected chi connectivity index (χ2v) is 4.56. The van der Waals surface area contributed by atoms with Gasteiger partial charge in [-0.05, 0) is 29.3 Å². The van der Waals surface area contributed by atoms with Crippen molar-refractivity contribution in [3.05, 3.63) is 22.6 Å². The normalized spacial score (nSPS) is 10.9. The van der Waals surface area contributed by atoms with Gasteiger partial charge in [-0.2, -0.15) is 10.2 Å². The summed E-state index contributed by atoms with van der Waals surface area (Å²) in [7, 11) is 0. The summed E-state index contributed by atoms with van der Waals surface area (Å²) in [5.41, 5.74) is 7.54. The fraction of sp³-hybridized carbons (Fsp3) is 0.400. The summed E-state index contributed by atoms with van der Waals surface area (Å²) in [5.74, 6) is 0.838. The second kappa shape index (κ2) is 4.29. The zero-order chi connectivity index (χ0) is 11.7. The van der Waals surface area contributed by atoms with Crippen molar-refractivity contribution in [1.82, 2.24) is 19.6 Å². The smallest absolute Gasteiger partial charge is 0.175 e. The molecule has 0 saturated heterocycles. The van der Waals surface area contributed by atoms with Crippen LogP contribution in [0.1, 0.15) is 19.0 Å². The van der Waals surface area contributed by atoms with Crippen LogP contribution in [-0.2, 0) is 6.54 Å². The minimum Gasteiger partial charge on any atom is -0.394 e. The van der Waals surface area contributed by atoms with Gasteiger partial charge in [-0.3, -0.25) is 0 Å². The van der Waals surface area contributed by atoms with Crippen molar-refractivity contribution in [3.8, 4) is 5.82 Å². The van der Waals surface area contributed by atoms with Crippen LogP contribution in [-0.4, -0.2) is 19.6 Å². The Hall–Kier alpha value is -1.30. The molecule has 0 amide bonds. The summed E-state index contributed by atoms with van der Waals surface area (Å²) < 4.78 is 4.56. The Bertz CT molecular complexity index is 499. The zero-order valence-corrected chi connectivity index (χ0v) is 10.9. The van der Waals surface area contributed by atoms with E-state index < -0.39 is 0 Å². The quantitative estimate of drug-likeness (QED) is 0.939. The largest absolute Gasteiger partial charge is 0.394 e. The molecule has 0 aliphatic rings. The second-order valence-electron chi connectivity index (χ2n) is 3.65. The van der Waals surface area contributed by atoms with Gasteiger partial charge in [-0.25, -0.2) is 9.36 Å². The number of hydrogen-bond acceptors (Lipinski definition) is 3. The van der Waals surface area contributed by atoms with Gasteiger partial charge in [0.2, 0.25) is 0 Å². The first-order chi connectivity index (χ1) is 7.63.